The zero-order chi connectivity index (χ0) is 15.2. The third-order valence-electron chi connectivity index (χ3n) is 3.27. The van der Waals surface area contributed by atoms with Crippen LogP contribution in [0.15, 0.2) is 48.5 Å². The smallest absolute Gasteiger partial charge is 0.254 e. The molecule has 2 aromatic rings. The molecule has 2 aromatic carbocycles. The maximum atomic E-state index is 13.2. The quantitative estimate of drug-likeness (QED) is 0.842. The topological polar surface area (TPSA) is 29.5 Å². The molecule has 0 bridgehead atoms. The van der Waals surface area contributed by atoms with E-state index in [1.165, 1.54) is 12.1 Å². The SMILES string of the molecule is CCN(Cc1cccc(F)c1)C(=O)c1ccc(OC)cc1. The lowest BCUT2D eigenvalue weighted by Crippen LogP contribution is -2.30. The summed E-state index contributed by atoms with van der Waals surface area (Å²) in [7, 11) is 1.58. The molecule has 0 atom stereocenters. The molecule has 0 aliphatic rings. The summed E-state index contributed by atoms with van der Waals surface area (Å²) in [6, 6.07) is 13.3. The second-order valence-electron chi connectivity index (χ2n) is 4.68. The van der Waals surface area contributed by atoms with Crippen LogP contribution < -0.4 is 4.74 Å². The van der Waals surface area contributed by atoms with E-state index in [2.05, 4.69) is 0 Å². The molecule has 0 aromatic heterocycles. The van der Waals surface area contributed by atoms with E-state index in [4.69, 9.17) is 4.74 Å². The monoisotopic (exact) mass is 287 g/mol. The number of rotatable bonds is 5. The summed E-state index contributed by atoms with van der Waals surface area (Å²) in [6.45, 7) is 2.85. The molecule has 0 aliphatic carbocycles. The molecular weight excluding hydrogens is 269 g/mol. The summed E-state index contributed by atoms with van der Waals surface area (Å²) in [5.41, 5.74) is 1.37. The number of carbonyl (C=O) groups is 1. The molecular formula is C17H18FNO2. The van der Waals surface area contributed by atoms with Gasteiger partial charge in [0.1, 0.15) is 11.6 Å². The Hall–Kier alpha value is -2.36. The van der Waals surface area contributed by atoms with Crippen LogP contribution in [-0.2, 0) is 6.54 Å². The lowest BCUT2D eigenvalue weighted by atomic mass is 10.1. The van der Waals surface area contributed by atoms with Gasteiger partial charge in [-0.2, -0.15) is 0 Å². The molecule has 0 fully saturated rings. The van der Waals surface area contributed by atoms with Gasteiger partial charge in [-0.05, 0) is 48.9 Å². The van der Waals surface area contributed by atoms with Crippen molar-refractivity contribution in [2.24, 2.45) is 0 Å². The second-order valence-corrected chi connectivity index (χ2v) is 4.68. The van der Waals surface area contributed by atoms with E-state index in [0.29, 0.717) is 24.4 Å². The van der Waals surface area contributed by atoms with Gasteiger partial charge in [0.05, 0.1) is 7.11 Å². The van der Waals surface area contributed by atoms with Crippen LogP contribution in [0.25, 0.3) is 0 Å². The van der Waals surface area contributed by atoms with Gasteiger partial charge in [-0.25, -0.2) is 4.39 Å². The van der Waals surface area contributed by atoms with Gasteiger partial charge >= 0.3 is 0 Å². The molecule has 0 aliphatic heterocycles. The Morgan fingerprint density at radius 1 is 1.19 bits per heavy atom. The number of methoxy groups -OCH3 is 1. The second kappa shape index (κ2) is 6.88. The first-order chi connectivity index (χ1) is 10.1. The van der Waals surface area contributed by atoms with Crippen LogP contribution in [0.5, 0.6) is 5.75 Å². The number of hydrogen-bond donors (Lipinski definition) is 0. The fourth-order valence-corrected chi connectivity index (χ4v) is 2.10. The van der Waals surface area contributed by atoms with Gasteiger partial charge in [0.15, 0.2) is 0 Å². The number of benzene rings is 2. The van der Waals surface area contributed by atoms with Gasteiger partial charge in [-0.1, -0.05) is 12.1 Å². The van der Waals surface area contributed by atoms with Gasteiger partial charge in [0.2, 0.25) is 0 Å². The van der Waals surface area contributed by atoms with Gasteiger partial charge in [0.25, 0.3) is 5.91 Å². The highest BCUT2D eigenvalue weighted by molar-refractivity contribution is 5.94. The summed E-state index contributed by atoms with van der Waals surface area (Å²) >= 11 is 0. The van der Waals surface area contributed by atoms with Crippen LogP contribution in [0.1, 0.15) is 22.8 Å². The van der Waals surface area contributed by atoms with E-state index in [-0.39, 0.29) is 11.7 Å². The average molecular weight is 287 g/mol. The van der Waals surface area contributed by atoms with Gasteiger partial charge in [-0.3, -0.25) is 4.79 Å². The fraction of sp³-hybridized carbons (Fsp3) is 0.235. The predicted octanol–water partition coefficient (Wildman–Crippen LogP) is 3.50. The molecule has 21 heavy (non-hydrogen) atoms. The minimum absolute atomic E-state index is 0.0792. The average Bonchev–Trinajstić information content (AvgIpc) is 2.52. The number of halogens is 1. The van der Waals surface area contributed by atoms with Gasteiger partial charge in [0, 0.05) is 18.7 Å². The normalized spacial score (nSPS) is 10.2. The molecule has 0 radical (unpaired) electrons. The highest BCUT2D eigenvalue weighted by atomic mass is 19.1. The Labute approximate surface area is 124 Å². The van der Waals surface area contributed by atoms with Crippen LogP contribution in [0, 0.1) is 5.82 Å². The first kappa shape index (κ1) is 15.0. The van der Waals surface area contributed by atoms with E-state index in [1.807, 2.05) is 13.0 Å². The van der Waals surface area contributed by atoms with Crippen molar-refractivity contribution in [3.05, 3.63) is 65.5 Å². The number of hydrogen-bond acceptors (Lipinski definition) is 2. The third kappa shape index (κ3) is 3.81. The zero-order valence-corrected chi connectivity index (χ0v) is 12.2. The highest BCUT2D eigenvalue weighted by Crippen LogP contribution is 2.15. The van der Waals surface area contributed by atoms with Crippen molar-refractivity contribution < 1.29 is 13.9 Å². The lowest BCUT2D eigenvalue weighted by Gasteiger charge is -2.21. The molecule has 3 nitrogen and oxygen atoms in total. The molecule has 110 valence electrons. The maximum Gasteiger partial charge on any atom is 0.254 e. The molecule has 0 saturated heterocycles. The fourth-order valence-electron chi connectivity index (χ4n) is 2.10. The van der Waals surface area contributed by atoms with E-state index < -0.39 is 0 Å². The van der Waals surface area contributed by atoms with Crippen LogP contribution in [0.2, 0.25) is 0 Å². The van der Waals surface area contributed by atoms with Crippen LogP contribution in [0.4, 0.5) is 4.39 Å². The zero-order valence-electron chi connectivity index (χ0n) is 12.2. The van der Waals surface area contributed by atoms with E-state index >= 15 is 0 Å². The van der Waals surface area contributed by atoms with E-state index in [0.717, 1.165) is 5.56 Å². The Bertz CT molecular complexity index is 610. The maximum absolute atomic E-state index is 13.2. The number of ether oxygens (including phenoxy) is 1. The first-order valence-corrected chi connectivity index (χ1v) is 6.81. The van der Waals surface area contributed by atoms with Crippen molar-refractivity contribution in [1.29, 1.82) is 0 Å². The summed E-state index contributed by atoms with van der Waals surface area (Å²) < 4.78 is 18.3. The standard InChI is InChI=1S/C17H18FNO2/c1-3-19(12-13-5-4-6-15(18)11-13)17(20)14-7-9-16(21-2)10-8-14/h4-11H,3,12H2,1-2H3. The molecule has 0 unspecified atom stereocenters. The summed E-state index contributed by atoms with van der Waals surface area (Å²) in [6.07, 6.45) is 0. The van der Waals surface area contributed by atoms with Crippen molar-refractivity contribution in [3.63, 3.8) is 0 Å². The van der Waals surface area contributed by atoms with Crippen molar-refractivity contribution in [1.82, 2.24) is 4.90 Å². The summed E-state index contributed by atoms with van der Waals surface area (Å²) in [5, 5.41) is 0. The predicted molar refractivity (Wildman–Crippen MR) is 79.8 cm³/mol. The van der Waals surface area contributed by atoms with Crippen molar-refractivity contribution >= 4 is 5.91 Å². The van der Waals surface area contributed by atoms with Gasteiger partial charge < -0.3 is 9.64 Å². The molecule has 2 rings (SSSR count). The summed E-state index contributed by atoms with van der Waals surface area (Å²) in [5.74, 6) is 0.338. The molecule has 0 spiro atoms. The molecule has 0 heterocycles. The highest BCUT2D eigenvalue weighted by Gasteiger charge is 2.14. The summed E-state index contributed by atoms with van der Waals surface area (Å²) in [4.78, 5) is 14.1. The largest absolute Gasteiger partial charge is 0.497 e. The third-order valence-corrected chi connectivity index (χ3v) is 3.27. The Kier molecular flexibility index (Phi) is 4.93. The minimum atomic E-state index is -0.291. The lowest BCUT2D eigenvalue weighted by molar-refractivity contribution is 0.0752. The molecule has 1 amide bonds. The Morgan fingerprint density at radius 2 is 1.90 bits per heavy atom. The minimum Gasteiger partial charge on any atom is -0.497 e. The van der Waals surface area contributed by atoms with Gasteiger partial charge in [-0.15, -0.1) is 0 Å². The van der Waals surface area contributed by atoms with Crippen LogP contribution in [-0.4, -0.2) is 24.5 Å². The van der Waals surface area contributed by atoms with Crippen LogP contribution >= 0.6 is 0 Å². The Morgan fingerprint density at radius 3 is 2.48 bits per heavy atom. The van der Waals surface area contributed by atoms with E-state index in [1.54, 1.807) is 42.3 Å². The number of carbonyl (C=O) groups excluding carboxylic acids is 1. The molecule has 4 heteroatoms. The molecule has 0 N–H and O–H groups in total. The molecule has 0 saturated carbocycles. The van der Waals surface area contributed by atoms with Crippen molar-refractivity contribution in [3.8, 4) is 5.75 Å². The van der Waals surface area contributed by atoms with Crippen molar-refractivity contribution in [2.75, 3.05) is 13.7 Å². The Balaban J connectivity index is 2.14. The van der Waals surface area contributed by atoms with Crippen LogP contribution in [0.3, 0.4) is 0 Å². The number of nitrogens with zero attached hydrogens (tertiary/aromatic N) is 1. The van der Waals surface area contributed by atoms with E-state index in [9.17, 15) is 9.18 Å². The first-order valence-electron chi connectivity index (χ1n) is 6.81. The number of amides is 1. The van der Waals surface area contributed by atoms with Crippen molar-refractivity contribution in [2.45, 2.75) is 13.5 Å².